The fraction of sp³-hybridized carbons (Fsp3) is 0.360. The smallest absolute Gasteiger partial charge is 0.220 e. The average molecular weight is 435 g/mol. The maximum atomic E-state index is 12.4. The maximum absolute atomic E-state index is 12.4. The summed E-state index contributed by atoms with van der Waals surface area (Å²) in [6, 6.07) is 16.9. The van der Waals surface area contributed by atoms with E-state index in [2.05, 4.69) is 20.8 Å². The molecule has 1 heterocycles. The van der Waals surface area contributed by atoms with E-state index < -0.39 is 6.10 Å². The van der Waals surface area contributed by atoms with Crippen LogP contribution in [0.2, 0.25) is 0 Å². The van der Waals surface area contributed by atoms with Crippen LogP contribution in [0.3, 0.4) is 0 Å². The molecule has 4 rings (SSSR count). The summed E-state index contributed by atoms with van der Waals surface area (Å²) in [6.07, 6.45) is 7.46. The zero-order chi connectivity index (χ0) is 22.2. The van der Waals surface area contributed by atoms with Gasteiger partial charge in [-0.25, -0.2) is 0 Å². The Morgan fingerprint density at radius 2 is 1.88 bits per heavy atom. The Bertz CT molecular complexity index is 978. The van der Waals surface area contributed by atoms with Gasteiger partial charge in [-0.05, 0) is 61.9 Å². The third kappa shape index (κ3) is 5.88. The van der Waals surface area contributed by atoms with E-state index in [1.165, 1.54) is 0 Å². The van der Waals surface area contributed by atoms with E-state index in [9.17, 15) is 9.90 Å². The van der Waals surface area contributed by atoms with Gasteiger partial charge in [-0.1, -0.05) is 30.3 Å². The first kappa shape index (κ1) is 21.9. The number of rotatable bonds is 9. The number of aliphatic hydroxyl groups is 1. The van der Waals surface area contributed by atoms with Gasteiger partial charge in [-0.15, -0.1) is 0 Å². The average Bonchev–Trinajstić information content (AvgIpc) is 3.32. The predicted octanol–water partition coefficient (Wildman–Crippen LogP) is 4.04. The highest BCUT2D eigenvalue weighted by atomic mass is 16.5. The summed E-state index contributed by atoms with van der Waals surface area (Å²) < 4.78 is 6.03. The molecule has 0 bridgehead atoms. The molecular weight excluding hydrogens is 404 g/mol. The third-order valence-electron chi connectivity index (χ3n) is 5.82. The number of benzene rings is 2. The number of H-pyrrole nitrogens is 1. The van der Waals surface area contributed by atoms with Gasteiger partial charge in [0.1, 0.15) is 5.75 Å². The van der Waals surface area contributed by atoms with Crippen molar-refractivity contribution in [3.63, 3.8) is 0 Å². The van der Waals surface area contributed by atoms with Crippen molar-refractivity contribution in [2.45, 2.75) is 56.7 Å². The van der Waals surface area contributed by atoms with E-state index >= 15 is 0 Å². The van der Waals surface area contributed by atoms with Gasteiger partial charge in [0.05, 0.1) is 30.1 Å². The van der Waals surface area contributed by atoms with Crippen LogP contribution in [0.5, 0.6) is 11.5 Å². The topological polar surface area (TPSA) is 99.3 Å². The second-order valence-corrected chi connectivity index (χ2v) is 8.22. The number of carbonyl (C=O) groups excluding carboxylic acids is 1. The summed E-state index contributed by atoms with van der Waals surface area (Å²) >= 11 is 0. The van der Waals surface area contributed by atoms with Crippen LogP contribution in [0.4, 0.5) is 5.69 Å². The number of nitrogens with one attached hydrogen (secondary N) is 3. The van der Waals surface area contributed by atoms with Gasteiger partial charge in [0.2, 0.25) is 5.91 Å². The Kier molecular flexibility index (Phi) is 7.40. The molecule has 1 aliphatic carbocycles. The number of carbonyl (C=O) groups is 1. The molecule has 0 aliphatic heterocycles. The molecule has 32 heavy (non-hydrogen) atoms. The summed E-state index contributed by atoms with van der Waals surface area (Å²) in [5, 5.41) is 24.2. The monoisotopic (exact) mass is 434 g/mol. The van der Waals surface area contributed by atoms with Crippen molar-refractivity contribution >= 4 is 11.6 Å². The quantitative estimate of drug-likeness (QED) is 0.407. The van der Waals surface area contributed by atoms with Crippen molar-refractivity contribution in [2.75, 3.05) is 5.32 Å². The molecule has 1 aliphatic rings. The van der Waals surface area contributed by atoms with E-state index in [0.717, 1.165) is 49.1 Å². The van der Waals surface area contributed by atoms with E-state index in [-0.39, 0.29) is 18.0 Å². The molecule has 1 amide bonds. The highest BCUT2D eigenvalue weighted by Gasteiger charge is 2.33. The number of ether oxygens (including phenoxy) is 1. The molecule has 3 atom stereocenters. The molecule has 1 aromatic heterocycles. The van der Waals surface area contributed by atoms with Crippen molar-refractivity contribution in [1.82, 2.24) is 15.5 Å². The molecule has 0 spiro atoms. The van der Waals surface area contributed by atoms with Crippen molar-refractivity contribution in [3.05, 3.63) is 72.6 Å². The molecule has 0 saturated heterocycles. The summed E-state index contributed by atoms with van der Waals surface area (Å²) in [5.41, 5.74) is 1.92. The lowest BCUT2D eigenvalue weighted by Crippen LogP contribution is -2.53. The Hall–Kier alpha value is -3.32. The second kappa shape index (κ2) is 10.8. The number of aryl methyl sites for hydroxylation is 1. The van der Waals surface area contributed by atoms with Crippen LogP contribution in [0, 0.1) is 0 Å². The van der Waals surface area contributed by atoms with Crippen LogP contribution in [-0.2, 0) is 11.2 Å². The Balaban J connectivity index is 1.32. The van der Waals surface area contributed by atoms with Crippen LogP contribution in [0.1, 0.15) is 37.7 Å². The summed E-state index contributed by atoms with van der Waals surface area (Å²) in [7, 11) is 0. The number of nitrogens with zero attached hydrogens (tertiary/aromatic N) is 1. The van der Waals surface area contributed by atoms with E-state index in [4.69, 9.17) is 4.74 Å². The highest BCUT2D eigenvalue weighted by molar-refractivity contribution is 5.76. The van der Waals surface area contributed by atoms with E-state index in [1.807, 2.05) is 60.8 Å². The molecule has 7 nitrogen and oxygen atoms in total. The first-order chi connectivity index (χ1) is 15.7. The minimum Gasteiger partial charge on any atom is -0.455 e. The fourth-order valence-corrected chi connectivity index (χ4v) is 4.13. The van der Waals surface area contributed by atoms with Crippen LogP contribution < -0.4 is 15.4 Å². The summed E-state index contributed by atoms with van der Waals surface area (Å²) in [4.78, 5) is 12.4. The lowest BCUT2D eigenvalue weighted by Gasteiger charge is -2.36. The summed E-state index contributed by atoms with van der Waals surface area (Å²) in [5.74, 6) is 1.44. The number of anilines is 1. The number of amides is 1. The van der Waals surface area contributed by atoms with Gasteiger partial charge >= 0.3 is 0 Å². The van der Waals surface area contributed by atoms with Gasteiger partial charge in [0, 0.05) is 12.6 Å². The molecule has 0 unspecified atom stereocenters. The van der Waals surface area contributed by atoms with Gasteiger partial charge in [0.25, 0.3) is 0 Å². The largest absolute Gasteiger partial charge is 0.455 e. The lowest BCUT2D eigenvalue weighted by molar-refractivity contribution is -0.123. The molecular formula is C25H30N4O3. The molecule has 2 aromatic carbocycles. The van der Waals surface area contributed by atoms with Gasteiger partial charge in [-0.2, -0.15) is 5.10 Å². The van der Waals surface area contributed by atoms with Crippen molar-refractivity contribution in [2.24, 2.45) is 0 Å². The third-order valence-corrected chi connectivity index (χ3v) is 5.82. The predicted molar refractivity (Wildman–Crippen MR) is 124 cm³/mol. The minimum atomic E-state index is -0.675. The van der Waals surface area contributed by atoms with Gasteiger partial charge < -0.3 is 20.5 Å². The second-order valence-electron chi connectivity index (χ2n) is 8.22. The van der Waals surface area contributed by atoms with Crippen LogP contribution >= 0.6 is 0 Å². The maximum Gasteiger partial charge on any atom is 0.220 e. The SMILES string of the molecule is O=C(CCCc1cn[nH]c1)N[C@@H]1CCC[C@@H](Nc2ccccc2Oc2ccccc2)[C@@H]1O. The number of aromatic nitrogens is 2. The van der Waals surface area contributed by atoms with Crippen LogP contribution in [0.15, 0.2) is 67.0 Å². The van der Waals surface area contributed by atoms with Crippen molar-refractivity contribution < 1.29 is 14.6 Å². The zero-order valence-electron chi connectivity index (χ0n) is 18.0. The van der Waals surface area contributed by atoms with Crippen molar-refractivity contribution in [3.8, 4) is 11.5 Å². The normalized spacial score (nSPS) is 20.5. The van der Waals surface area contributed by atoms with E-state index in [0.29, 0.717) is 12.2 Å². The van der Waals surface area contributed by atoms with Crippen molar-refractivity contribution in [1.29, 1.82) is 0 Å². The standard InChI is InChI=1S/C25H30N4O3/c30-24(15-6-8-18-16-26-27-17-18)29-22-13-7-12-21(25(22)31)28-20-11-4-5-14-23(20)32-19-9-2-1-3-10-19/h1-5,9-11,14,16-17,21-22,25,28,31H,6-8,12-13,15H2,(H,26,27)(H,29,30)/t21-,22-,25+/m1/s1. The number of aliphatic hydroxyl groups excluding tert-OH is 1. The Morgan fingerprint density at radius 1 is 1.09 bits per heavy atom. The molecule has 4 N–H and O–H groups in total. The minimum absolute atomic E-state index is 0.0222. The van der Waals surface area contributed by atoms with Crippen LogP contribution in [0.25, 0.3) is 0 Å². The summed E-state index contributed by atoms with van der Waals surface area (Å²) in [6.45, 7) is 0. The van der Waals surface area contributed by atoms with E-state index in [1.54, 1.807) is 6.20 Å². The first-order valence-corrected chi connectivity index (χ1v) is 11.2. The Morgan fingerprint density at radius 3 is 2.69 bits per heavy atom. The molecule has 0 radical (unpaired) electrons. The number of hydrogen-bond acceptors (Lipinski definition) is 5. The highest BCUT2D eigenvalue weighted by Crippen LogP contribution is 2.32. The molecule has 1 saturated carbocycles. The zero-order valence-corrected chi connectivity index (χ0v) is 18.0. The van der Waals surface area contributed by atoms with Gasteiger partial charge in [0.15, 0.2) is 5.75 Å². The number of para-hydroxylation sites is 3. The molecule has 7 heteroatoms. The number of aromatic amines is 1. The lowest BCUT2D eigenvalue weighted by atomic mass is 9.87. The van der Waals surface area contributed by atoms with Gasteiger partial charge in [-0.3, -0.25) is 9.89 Å². The van der Waals surface area contributed by atoms with Crippen LogP contribution in [-0.4, -0.2) is 39.4 Å². The number of hydrogen-bond donors (Lipinski definition) is 4. The first-order valence-electron chi connectivity index (χ1n) is 11.2. The Labute approximate surface area is 188 Å². The molecule has 168 valence electrons. The fourth-order valence-electron chi connectivity index (χ4n) is 4.13. The molecule has 3 aromatic rings. The molecule has 1 fully saturated rings.